The number of hydrogen-bond acceptors (Lipinski definition) is 4. The number of rotatable bonds is 4. The van der Waals surface area contributed by atoms with E-state index < -0.39 is 0 Å². The molecule has 1 aromatic heterocycles. The first kappa shape index (κ1) is 15.6. The Bertz CT molecular complexity index is 446. The molecule has 20 heavy (non-hydrogen) atoms. The minimum Gasteiger partial charge on any atom is -0.352 e. The first-order valence-corrected chi connectivity index (χ1v) is 8.26. The fourth-order valence-electron chi connectivity index (χ4n) is 2.32. The third-order valence-corrected chi connectivity index (χ3v) is 4.86. The molecule has 6 heteroatoms. The second-order valence-corrected chi connectivity index (χ2v) is 7.17. The molecule has 1 fully saturated rings. The van der Waals surface area contributed by atoms with Gasteiger partial charge in [-0.15, -0.1) is 10.2 Å². The zero-order valence-electron chi connectivity index (χ0n) is 11.8. The van der Waals surface area contributed by atoms with Gasteiger partial charge in [0.15, 0.2) is 5.15 Å². The van der Waals surface area contributed by atoms with E-state index in [1.165, 1.54) is 24.6 Å². The molecule has 0 spiro atoms. The highest BCUT2D eigenvalue weighted by atomic mass is 35.5. The Hall–Kier alpha value is -0.810. The topological polar surface area (TPSA) is 54.9 Å². The normalized spacial score (nSPS) is 24.1. The number of nitrogens with one attached hydrogen (secondary N) is 1. The molecule has 2 rings (SSSR count). The van der Waals surface area contributed by atoms with E-state index in [1.54, 1.807) is 12.1 Å². The SMILES string of the molecule is CC1CCC(NC(=O)[C@@H](C)Sc2ccc(Cl)nn2)CC1. The van der Waals surface area contributed by atoms with Crippen molar-refractivity contribution in [1.29, 1.82) is 0 Å². The fraction of sp³-hybridized carbons (Fsp3) is 0.643. The summed E-state index contributed by atoms with van der Waals surface area (Å²) in [5.74, 6) is 0.866. The number of carbonyl (C=O) groups excluding carboxylic acids is 1. The van der Waals surface area contributed by atoms with Crippen LogP contribution in [0.15, 0.2) is 17.2 Å². The third kappa shape index (κ3) is 4.63. The van der Waals surface area contributed by atoms with Gasteiger partial charge < -0.3 is 5.32 Å². The number of aromatic nitrogens is 2. The van der Waals surface area contributed by atoms with Gasteiger partial charge in [-0.1, -0.05) is 30.3 Å². The van der Waals surface area contributed by atoms with Crippen molar-refractivity contribution >= 4 is 29.3 Å². The lowest BCUT2D eigenvalue weighted by Gasteiger charge is -2.27. The van der Waals surface area contributed by atoms with Gasteiger partial charge >= 0.3 is 0 Å². The smallest absolute Gasteiger partial charge is 0.233 e. The molecule has 0 bridgehead atoms. The quantitative estimate of drug-likeness (QED) is 0.867. The molecule has 4 nitrogen and oxygen atoms in total. The predicted molar refractivity (Wildman–Crippen MR) is 81.9 cm³/mol. The molecule has 0 radical (unpaired) electrons. The molecule has 0 aliphatic heterocycles. The number of amides is 1. The molecular weight excluding hydrogens is 294 g/mol. The van der Waals surface area contributed by atoms with Crippen LogP contribution in [-0.2, 0) is 4.79 Å². The van der Waals surface area contributed by atoms with E-state index in [2.05, 4.69) is 22.4 Å². The summed E-state index contributed by atoms with van der Waals surface area (Å²) in [5.41, 5.74) is 0. The highest BCUT2D eigenvalue weighted by molar-refractivity contribution is 8.00. The minimum atomic E-state index is -0.176. The molecule has 1 aliphatic carbocycles. The van der Waals surface area contributed by atoms with Crippen LogP contribution in [0.1, 0.15) is 39.5 Å². The van der Waals surface area contributed by atoms with Crippen LogP contribution in [0.3, 0.4) is 0 Å². The average molecular weight is 314 g/mol. The van der Waals surface area contributed by atoms with E-state index in [0.29, 0.717) is 16.2 Å². The van der Waals surface area contributed by atoms with Gasteiger partial charge in [0.2, 0.25) is 5.91 Å². The molecule has 0 aromatic carbocycles. The monoisotopic (exact) mass is 313 g/mol. The standard InChI is InChI=1S/C14H20ClN3OS/c1-9-3-5-11(6-4-9)16-14(19)10(2)20-13-8-7-12(15)17-18-13/h7-11H,3-6H2,1-2H3,(H,16,19)/t9?,10-,11?/m1/s1. The summed E-state index contributed by atoms with van der Waals surface area (Å²) < 4.78 is 0. The number of thioether (sulfide) groups is 1. The Morgan fingerprint density at radius 1 is 1.35 bits per heavy atom. The van der Waals surface area contributed by atoms with Gasteiger partial charge in [0.25, 0.3) is 0 Å². The van der Waals surface area contributed by atoms with Crippen molar-refractivity contribution in [2.75, 3.05) is 0 Å². The van der Waals surface area contributed by atoms with Crippen LogP contribution in [0.2, 0.25) is 5.15 Å². The summed E-state index contributed by atoms with van der Waals surface area (Å²) in [6.07, 6.45) is 4.58. The Balaban J connectivity index is 1.81. The fourth-order valence-corrected chi connectivity index (χ4v) is 3.20. The van der Waals surface area contributed by atoms with Crippen molar-refractivity contribution in [3.63, 3.8) is 0 Å². The van der Waals surface area contributed by atoms with Crippen LogP contribution in [0.5, 0.6) is 0 Å². The summed E-state index contributed by atoms with van der Waals surface area (Å²) in [5, 5.41) is 11.8. The molecule has 110 valence electrons. The summed E-state index contributed by atoms with van der Waals surface area (Å²) in [7, 11) is 0. The molecular formula is C14H20ClN3OS. The molecule has 0 unspecified atom stereocenters. The highest BCUT2D eigenvalue weighted by Gasteiger charge is 2.22. The Morgan fingerprint density at radius 2 is 2.05 bits per heavy atom. The molecule has 1 aliphatic rings. The Morgan fingerprint density at radius 3 is 2.65 bits per heavy atom. The van der Waals surface area contributed by atoms with Crippen LogP contribution in [0.4, 0.5) is 0 Å². The molecule has 1 heterocycles. The molecule has 1 amide bonds. The second-order valence-electron chi connectivity index (χ2n) is 5.42. The van der Waals surface area contributed by atoms with Crippen molar-refractivity contribution in [3.05, 3.63) is 17.3 Å². The van der Waals surface area contributed by atoms with Crippen LogP contribution in [0, 0.1) is 5.92 Å². The van der Waals surface area contributed by atoms with Crippen LogP contribution < -0.4 is 5.32 Å². The van der Waals surface area contributed by atoms with Crippen LogP contribution >= 0.6 is 23.4 Å². The van der Waals surface area contributed by atoms with Gasteiger partial charge in [0.05, 0.1) is 5.25 Å². The van der Waals surface area contributed by atoms with Crippen molar-refractivity contribution in [1.82, 2.24) is 15.5 Å². The lowest BCUT2D eigenvalue weighted by atomic mass is 9.87. The first-order chi connectivity index (χ1) is 9.54. The number of nitrogens with zero attached hydrogens (tertiary/aromatic N) is 2. The molecule has 1 saturated carbocycles. The van der Waals surface area contributed by atoms with Gasteiger partial charge in [0, 0.05) is 6.04 Å². The van der Waals surface area contributed by atoms with Crippen molar-refractivity contribution in [3.8, 4) is 0 Å². The molecule has 0 saturated heterocycles. The van der Waals surface area contributed by atoms with E-state index in [-0.39, 0.29) is 11.2 Å². The first-order valence-electron chi connectivity index (χ1n) is 7.01. The maximum absolute atomic E-state index is 12.2. The lowest BCUT2D eigenvalue weighted by Crippen LogP contribution is -2.41. The third-order valence-electron chi connectivity index (χ3n) is 3.64. The number of carbonyl (C=O) groups is 1. The van der Waals surface area contributed by atoms with Gasteiger partial charge in [0.1, 0.15) is 5.03 Å². The maximum Gasteiger partial charge on any atom is 0.233 e. The van der Waals surface area contributed by atoms with Gasteiger partial charge in [-0.3, -0.25) is 4.79 Å². The maximum atomic E-state index is 12.2. The second kappa shape index (κ2) is 7.27. The van der Waals surface area contributed by atoms with E-state index in [1.807, 2.05) is 6.92 Å². The van der Waals surface area contributed by atoms with Crippen molar-refractivity contribution < 1.29 is 4.79 Å². The summed E-state index contributed by atoms with van der Waals surface area (Å²) >= 11 is 7.09. The van der Waals surface area contributed by atoms with Crippen LogP contribution in [0.25, 0.3) is 0 Å². The number of halogens is 1. The van der Waals surface area contributed by atoms with E-state index in [4.69, 9.17) is 11.6 Å². The zero-order valence-corrected chi connectivity index (χ0v) is 13.4. The van der Waals surface area contributed by atoms with E-state index in [0.717, 1.165) is 18.8 Å². The summed E-state index contributed by atoms with van der Waals surface area (Å²) in [4.78, 5) is 12.2. The number of hydrogen-bond donors (Lipinski definition) is 1. The van der Waals surface area contributed by atoms with Crippen LogP contribution in [-0.4, -0.2) is 27.4 Å². The van der Waals surface area contributed by atoms with E-state index >= 15 is 0 Å². The van der Waals surface area contributed by atoms with Crippen molar-refractivity contribution in [2.24, 2.45) is 5.92 Å². The highest BCUT2D eigenvalue weighted by Crippen LogP contribution is 2.25. The lowest BCUT2D eigenvalue weighted by molar-refractivity contribution is -0.121. The Labute approximate surface area is 129 Å². The van der Waals surface area contributed by atoms with Gasteiger partial charge in [-0.05, 0) is 50.7 Å². The van der Waals surface area contributed by atoms with Gasteiger partial charge in [-0.25, -0.2) is 0 Å². The summed E-state index contributed by atoms with van der Waals surface area (Å²) in [6, 6.07) is 3.80. The van der Waals surface area contributed by atoms with Crippen molar-refractivity contribution in [2.45, 2.75) is 55.8 Å². The van der Waals surface area contributed by atoms with E-state index in [9.17, 15) is 4.79 Å². The average Bonchev–Trinajstić information content (AvgIpc) is 2.44. The van der Waals surface area contributed by atoms with Gasteiger partial charge in [-0.2, -0.15) is 0 Å². The largest absolute Gasteiger partial charge is 0.352 e. The summed E-state index contributed by atoms with van der Waals surface area (Å²) in [6.45, 7) is 4.16. The molecule has 1 atom stereocenters. The zero-order chi connectivity index (χ0) is 14.5. The molecule has 1 N–H and O–H groups in total. The predicted octanol–water partition coefficient (Wildman–Crippen LogP) is 3.31. The minimum absolute atomic E-state index is 0.0753. The molecule has 1 aromatic rings. The Kier molecular flexibility index (Phi) is 5.66.